The van der Waals surface area contributed by atoms with Crippen LogP contribution in [0.5, 0.6) is 0 Å². The van der Waals surface area contributed by atoms with E-state index in [1.165, 1.54) is 32.1 Å². The van der Waals surface area contributed by atoms with Crippen molar-refractivity contribution in [1.29, 1.82) is 0 Å². The molecule has 0 aromatic rings. The number of hydrogen-bond acceptors (Lipinski definition) is 14. The van der Waals surface area contributed by atoms with E-state index >= 15 is 0 Å². The molecule has 11 unspecified atom stereocenters. The first-order valence-corrected chi connectivity index (χ1v) is 26.5. The fourth-order valence-corrected chi connectivity index (χ4v) is 7.89. The molecule has 0 aromatic carbocycles. The first-order valence-electron chi connectivity index (χ1n) is 26.5. The van der Waals surface area contributed by atoms with Crippen LogP contribution in [0.4, 0.5) is 0 Å². The Morgan fingerprint density at radius 3 is 1.49 bits per heavy atom. The van der Waals surface area contributed by atoms with Crippen LogP contribution in [0.1, 0.15) is 168 Å². The van der Waals surface area contributed by atoms with E-state index in [1.807, 2.05) is 0 Å². The van der Waals surface area contributed by atoms with E-state index in [1.54, 1.807) is 0 Å². The van der Waals surface area contributed by atoms with E-state index in [-0.39, 0.29) is 19.6 Å². The predicted molar refractivity (Wildman–Crippen MR) is 270 cm³/mol. The number of carbonyl (C=O) groups excluding carboxylic acids is 1. The highest BCUT2D eigenvalue weighted by molar-refractivity contribution is 5.69. The average Bonchev–Trinajstić information content (AvgIpc) is 3.35. The zero-order chi connectivity index (χ0) is 50.2. The number of allylic oxidation sites excluding steroid dienone is 12. The Hall–Kier alpha value is -2.57. The summed E-state index contributed by atoms with van der Waals surface area (Å²) in [7, 11) is 0. The lowest BCUT2D eigenvalue weighted by molar-refractivity contribution is -0.332. The zero-order valence-electron chi connectivity index (χ0n) is 42.3. The molecule has 2 saturated heterocycles. The smallest absolute Gasteiger partial charge is 0.306 e. The molecule has 2 aliphatic rings. The molecule has 398 valence electrons. The third-order valence-electron chi connectivity index (χ3n) is 12.2. The van der Waals surface area contributed by atoms with Crippen LogP contribution in [0.2, 0.25) is 0 Å². The molecule has 14 heteroatoms. The molecule has 2 fully saturated rings. The Morgan fingerprint density at radius 1 is 0.493 bits per heavy atom. The standard InChI is InChI=1S/C55H94O14/c1-3-5-7-9-11-13-15-17-18-19-20-21-22-23-24-25-27-29-31-33-35-37-39-64-41-44(67-47(57)38-36-34-32-30-28-26-16-14-12-10-8-6-4-2)42-65-54-53(63)51(61)49(59)46(69-54)43-66-55-52(62)50(60)48(58)45(40-56)68-55/h5,7,11,13-14,16-18,20-21,23-24,44-46,48-56,58-63H,3-4,6,8-10,12,15,19,22,25-43H2,1-2H3/b7-5-,13-11-,16-14-,18-17-,21-20-,24-23-. The summed E-state index contributed by atoms with van der Waals surface area (Å²) in [6, 6.07) is 0. The lowest BCUT2D eigenvalue weighted by atomic mass is 9.98. The minimum Gasteiger partial charge on any atom is -0.457 e. The van der Waals surface area contributed by atoms with Crippen LogP contribution >= 0.6 is 0 Å². The number of esters is 1. The van der Waals surface area contributed by atoms with Crippen LogP contribution in [0.3, 0.4) is 0 Å². The topological polar surface area (TPSA) is 214 Å². The van der Waals surface area contributed by atoms with Gasteiger partial charge in [0.25, 0.3) is 0 Å². The van der Waals surface area contributed by atoms with Gasteiger partial charge in [-0.3, -0.25) is 4.79 Å². The summed E-state index contributed by atoms with van der Waals surface area (Å²) in [4.78, 5) is 13.0. The Labute approximate surface area is 415 Å². The number of aliphatic hydroxyl groups is 7. The van der Waals surface area contributed by atoms with Crippen molar-refractivity contribution in [3.05, 3.63) is 72.9 Å². The van der Waals surface area contributed by atoms with Gasteiger partial charge in [0, 0.05) is 13.0 Å². The summed E-state index contributed by atoms with van der Waals surface area (Å²) < 4.78 is 34.3. The predicted octanol–water partition coefficient (Wildman–Crippen LogP) is 8.29. The number of rotatable bonds is 41. The van der Waals surface area contributed by atoms with Crippen LogP contribution in [-0.4, -0.2) is 142 Å². The second-order valence-corrected chi connectivity index (χ2v) is 18.3. The van der Waals surface area contributed by atoms with E-state index < -0.39 is 86.7 Å². The molecule has 69 heavy (non-hydrogen) atoms. The Kier molecular flexibility index (Phi) is 38.1. The zero-order valence-corrected chi connectivity index (χ0v) is 42.3. The largest absolute Gasteiger partial charge is 0.457 e. The summed E-state index contributed by atoms with van der Waals surface area (Å²) >= 11 is 0. The lowest BCUT2D eigenvalue weighted by Gasteiger charge is -2.42. The van der Waals surface area contributed by atoms with Gasteiger partial charge in [-0.05, 0) is 83.5 Å². The van der Waals surface area contributed by atoms with Gasteiger partial charge in [-0.1, -0.05) is 151 Å². The van der Waals surface area contributed by atoms with Gasteiger partial charge in [0.1, 0.15) is 54.9 Å². The Morgan fingerprint density at radius 2 is 0.942 bits per heavy atom. The van der Waals surface area contributed by atoms with E-state index in [9.17, 15) is 40.5 Å². The average molecular weight is 979 g/mol. The highest BCUT2D eigenvalue weighted by Crippen LogP contribution is 2.26. The third kappa shape index (κ3) is 29.5. The van der Waals surface area contributed by atoms with Crippen LogP contribution in [-0.2, 0) is 33.2 Å². The van der Waals surface area contributed by atoms with E-state index in [0.29, 0.717) is 13.0 Å². The van der Waals surface area contributed by atoms with Gasteiger partial charge in [-0.15, -0.1) is 0 Å². The SMILES string of the molecule is CC/C=C\C/C=C\C/C=C\C/C=C\C/C=C\CCCCCCCCOCC(COC1OC(COC2OC(CO)C(O)C(O)C2O)C(O)C(O)C1O)OC(=O)CCCCCCC/C=C\CCCCCC. The molecule has 0 radical (unpaired) electrons. The number of carbonyl (C=O) groups is 1. The van der Waals surface area contributed by atoms with Crippen molar-refractivity contribution in [2.24, 2.45) is 0 Å². The molecule has 2 rings (SSSR count). The Bertz CT molecular complexity index is 1410. The number of ether oxygens (including phenoxy) is 6. The first kappa shape index (κ1) is 62.5. The molecule has 0 saturated carbocycles. The van der Waals surface area contributed by atoms with Crippen molar-refractivity contribution in [2.45, 2.75) is 235 Å². The van der Waals surface area contributed by atoms with Gasteiger partial charge in [-0.25, -0.2) is 0 Å². The van der Waals surface area contributed by atoms with E-state index in [4.69, 9.17) is 28.4 Å². The van der Waals surface area contributed by atoms with Crippen molar-refractivity contribution in [3.8, 4) is 0 Å². The normalized spacial score (nSPS) is 26.3. The molecule has 2 aliphatic heterocycles. The van der Waals surface area contributed by atoms with Gasteiger partial charge in [0.2, 0.25) is 0 Å². The molecule has 0 amide bonds. The van der Waals surface area contributed by atoms with Gasteiger partial charge in [-0.2, -0.15) is 0 Å². The summed E-state index contributed by atoms with van der Waals surface area (Å²) in [5.41, 5.74) is 0. The number of hydrogen-bond donors (Lipinski definition) is 7. The maximum absolute atomic E-state index is 13.0. The van der Waals surface area contributed by atoms with Crippen molar-refractivity contribution in [1.82, 2.24) is 0 Å². The Balaban J connectivity index is 1.75. The van der Waals surface area contributed by atoms with Crippen LogP contribution < -0.4 is 0 Å². The fraction of sp³-hybridized carbons (Fsp3) is 0.764. The second-order valence-electron chi connectivity index (χ2n) is 18.3. The molecular weight excluding hydrogens is 885 g/mol. The highest BCUT2D eigenvalue weighted by Gasteiger charge is 2.47. The van der Waals surface area contributed by atoms with Gasteiger partial charge >= 0.3 is 5.97 Å². The first-order chi connectivity index (χ1) is 33.6. The molecule has 0 spiro atoms. The number of aliphatic hydroxyl groups excluding tert-OH is 7. The van der Waals surface area contributed by atoms with Gasteiger partial charge < -0.3 is 64.2 Å². The molecule has 0 aromatic heterocycles. The molecule has 2 heterocycles. The molecule has 14 nitrogen and oxygen atoms in total. The lowest BCUT2D eigenvalue weighted by Crippen LogP contribution is -2.61. The minimum atomic E-state index is -1.71. The highest BCUT2D eigenvalue weighted by atomic mass is 16.7. The second kappa shape index (κ2) is 42.0. The maximum atomic E-state index is 13.0. The van der Waals surface area contributed by atoms with Crippen molar-refractivity contribution >= 4 is 5.97 Å². The van der Waals surface area contributed by atoms with Crippen LogP contribution in [0.15, 0.2) is 72.9 Å². The summed E-state index contributed by atoms with van der Waals surface area (Å²) in [5.74, 6) is -0.394. The summed E-state index contributed by atoms with van der Waals surface area (Å²) in [6.45, 7) is 3.49. The molecule has 0 bridgehead atoms. The van der Waals surface area contributed by atoms with Crippen LogP contribution in [0, 0.1) is 0 Å². The van der Waals surface area contributed by atoms with E-state index in [0.717, 1.165) is 109 Å². The van der Waals surface area contributed by atoms with Crippen molar-refractivity contribution in [2.75, 3.05) is 33.0 Å². The summed E-state index contributed by atoms with van der Waals surface area (Å²) in [6.07, 6.45) is 35.3. The van der Waals surface area contributed by atoms with Crippen molar-refractivity contribution in [3.63, 3.8) is 0 Å². The molecule has 0 aliphatic carbocycles. The van der Waals surface area contributed by atoms with Crippen LogP contribution in [0.25, 0.3) is 0 Å². The molecular formula is C55H94O14. The number of unbranched alkanes of at least 4 members (excludes halogenated alkanes) is 15. The monoisotopic (exact) mass is 979 g/mol. The maximum Gasteiger partial charge on any atom is 0.306 e. The molecule has 11 atom stereocenters. The third-order valence-corrected chi connectivity index (χ3v) is 12.2. The summed E-state index contributed by atoms with van der Waals surface area (Å²) in [5, 5.41) is 72.2. The quantitative estimate of drug-likeness (QED) is 0.0175. The molecule has 7 N–H and O–H groups in total. The fourth-order valence-electron chi connectivity index (χ4n) is 7.89. The van der Waals surface area contributed by atoms with Gasteiger partial charge in [0.05, 0.1) is 26.4 Å². The van der Waals surface area contributed by atoms with Gasteiger partial charge in [0.15, 0.2) is 12.6 Å². The van der Waals surface area contributed by atoms with Crippen molar-refractivity contribution < 1.29 is 69.0 Å². The van der Waals surface area contributed by atoms with E-state index in [2.05, 4.69) is 86.8 Å². The minimum absolute atomic E-state index is 0.0444.